The van der Waals surface area contributed by atoms with Crippen molar-refractivity contribution >= 4 is 36.1 Å². The number of nitrogens with one attached hydrogen (secondary N) is 2. The molecule has 8 nitrogen and oxygen atoms in total. The van der Waals surface area contributed by atoms with Crippen LogP contribution in [0.3, 0.4) is 0 Å². The summed E-state index contributed by atoms with van der Waals surface area (Å²) in [6, 6.07) is 1.98. The van der Waals surface area contributed by atoms with Crippen LogP contribution in [0.1, 0.15) is 35.1 Å². The van der Waals surface area contributed by atoms with Crippen molar-refractivity contribution in [1.82, 2.24) is 5.32 Å². The Morgan fingerprint density at radius 2 is 1.50 bits per heavy atom. The third-order valence-corrected chi connectivity index (χ3v) is 4.73. The molecule has 0 unspecified atom stereocenters. The minimum Gasteiger partial charge on any atom is -0.468 e. The highest BCUT2D eigenvalue weighted by atomic mass is 35.5. The number of urea groups is 1. The number of esters is 2. The van der Waals surface area contributed by atoms with Crippen molar-refractivity contribution in [3.05, 3.63) is 28.3 Å². The predicted octanol–water partition coefficient (Wildman–Crippen LogP) is 1.50. The van der Waals surface area contributed by atoms with Gasteiger partial charge in [0.2, 0.25) is 0 Å². The number of methoxy groups -OCH3 is 2. The average molecular weight is 414 g/mol. The fourth-order valence-corrected chi connectivity index (χ4v) is 3.43. The summed E-state index contributed by atoms with van der Waals surface area (Å²) in [5.74, 6) is -0.830. The molecule has 0 saturated heterocycles. The average Bonchev–Trinajstić information content (AvgIpc) is 3.34. The molecular formula is C19H28ClN3O5. The van der Waals surface area contributed by atoms with Crippen LogP contribution in [0.25, 0.3) is 0 Å². The maximum Gasteiger partial charge on any atom is 0.325 e. The monoisotopic (exact) mass is 413 g/mol. The van der Waals surface area contributed by atoms with Gasteiger partial charge in [0.25, 0.3) is 0 Å². The van der Waals surface area contributed by atoms with Gasteiger partial charge >= 0.3 is 18.0 Å². The van der Waals surface area contributed by atoms with Gasteiger partial charge in [0, 0.05) is 5.69 Å². The second-order valence-corrected chi connectivity index (χ2v) is 6.40. The Bertz CT molecular complexity index is 686. The number of ether oxygens (including phenoxy) is 2. The van der Waals surface area contributed by atoms with Crippen molar-refractivity contribution in [3.63, 3.8) is 0 Å². The fraction of sp³-hybridized carbons (Fsp3) is 0.526. The summed E-state index contributed by atoms with van der Waals surface area (Å²) in [5.41, 5.74) is 11.1. The molecule has 2 aliphatic rings. The second kappa shape index (κ2) is 11.5. The number of carbonyl (C=O) groups is 3. The number of hydrogen-bond donors (Lipinski definition) is 3. The molecule has 28 heavy (non-hydrogen) atoms. The van der Waals surface area contributed by atoms with Gasteiger partial charge in [0.15, 0.2) is 0 Å². The Labute approximate surface area is 170 Å². The maximum atomic E-state index is 12.0. The lowest BCUT2D eigenvalue weighted by molar-refractivity contribution is -0.140. The number of anilines is 1. The van der Waals surface area contributed by atoms with Crippen LogP contribution in [0, 0.1) is 0 Å². The highest BCUT2D eigenvalue weighted by Crippen LogP contribution is 2.38. The molecule has 0 saturated carbocycles. The van der Waals surface area contributed by atoms with Crippen LogP contribution < -0.4 is 16.4 Å². The molecule has 2 amide bonds. The number of benzene rings is 1. The lowest BCUT2D eigenvalue weighted by Gasteiger charge is -2.16. The zero-order valence-corrected chi connectivity index (χ0v) is 17.1. The molecule has 0 aromatic heterocycles. The van der Waals surface area contributed by atoms with Gasteiger partial charge in [-0.3, -0.25) is 9.59 Å². The molecule has 4 N–H and O–H groups in total. The quantitative estimate of drug-likeness (QED) is 0.643. The van der Waals surface area contributed by atoms with Crippen molar-refractivity contribution in [2.75, 3.05) is 32.6 Å². The molecule has 2 aliphatic carbocycles. The predicted molar refractivity (Wildman–Crippen MR) is 108 cm³/mol. The topological polar surface area (TPSA) is 120 Å². The highest BCUT2D eigenvalue weighted by molar-refractivity contribution is 5.93. The summed E-state index contributed by atoms with van der Waals surface area (Å²) in [6.45, 7) is -0.143. The zero-order chi connectivity index (χ0) is 19.8. The maximum absolute atomic E-state index is 12.0. The summed E-state index contributed by atoms with van der Waals surface area (Å²) < 4.78 is 8.65. The first-order chi connectivity index (χ1) is 13.0. The van der Waals surface area contributed by atoms with E-state index in [1.165, 1.54) is 36.5 Å². The first-order valence-corrected chi connectivity index (χ1v) is 9.05. The third-order valence-electron chi connectivity index (χ3n) is 4.73. The molecule has 0 heterocycles. The Kier molecular flexibility index (Phi) is 9.75. The zero-order valence-electron chi connectivity index (χ0n) is 16.3. The van der Waals surface area contributed by atoms with Gasteiger partial charge in [-0.25, -0.2) is 4.79 Å². The Hall–Kier alpha value is -2.32. The molecule has 156 valence electrons. The van der Waals surface area contributed by atoms with Crippen molar-refractivity contribution in [3.8, 4) is 0 Å². The minimum atomic E-state index is -0.450. The van der Waals surface area contributed by atoms with E-state index in [1.807, 2.05) is 0 Å². The first kappa shape index (κ1) is 23.7. The van der Waals surface area contributed by atoms with Crippen LogP contribution >= 0.6 is 12.4 Å². The van der Waals surface area contributed by atoms with Gasteiger partial charge in [-0.15, -0.1) is 12.4 Å². The van der Waals surface area contributed by atoms with Crippen LogP contribution in [0.2, 0.25) is 0 Å². The van der Waals surface area contributed by atoms with Gasteiger partial charge in [-0.2, -0.15) is 0 Å². The van der Waals surface area contributed by atoms with Gasteiger partial charge in [0.05, 0.1) is 20.8 Å². The largest absolute Gasteiger partial charge is 0.468 e. The van der Waals surface area contributed by atoms with Crippen LogP contribution in [-0.4, -0.2) is 45.3 Å². The summed E-state index contributed by atoms with van der Waals surface area (Å²) in [6.07, 6.45) is 6.54. The normalized spacial score (nSPS) is 13.1. The molecule has 0 spiro atoms. The summed E-state index contributed by atoms with van der Waals surface area (Å²) in [7, 11) is 2.61. The number of fused-ring (bicyclic) bond motifs is 2. The first-order valence-electron chi connectivity index (χ1n) is 9.05. The van der Waals surface area contributed by atoms with E-state index < -0.39 is 5.97 Å². The van der Waals surface area contributed by atoms with E-state index in [-0.39, 0.29) is 37.5 Å². The molecule has 0 radical (unpaired) electrons. The summed E-state index contributed by atoms with van der Waals surface area (Å²) in [5, 5.41) is 5.50. The van der Waals surface area contributed by atoms with Gasteiger partial charge < -0.3 is 25.8 Å². The second-order valence-electron chi connectivity index (χ2n) is 6.40. The number of carbonyl (C=O) groups excluding carboxylic acids is 3. The molecule has 0 aliphatic heterocycles. The smallest absolute Gasteiger partial charge is 0.325 e. The lowest BCUT2D eigenvalue weighted by atomic mass is 9.99. The molecule has 0 bridgehead atoms. The molecule has 0 atom stereocenters. The Morgan fingerprint density at radius 1 is 0.964 bits per heavy atom. The number of nitrogens with two attached hydrogens (primary N) is 1. The number of halogens is 1. The number of aryl methyl sites for hydroxylation is 2. The van der Waals surface area contributed by atoms with E-state index in [2.05, 4.69) is 26.2 Å². The van der Waals surface area contributed by atoms with Gasteiger partial charge in [-0.1, -0.05) is 6.07 Å². The minimum absolute atomic E-state index is 0. The molecule has 1 aromatic rings. The van der Waals surface area contributed by atoms with E-state index in [0.29, 0.717) is 0 Å². The molecule has 3 rings (SSSR count). The number of rotatable bonds is 4. The standard InChI is InChI=1S/C16H20N2O3.C3H7NO2.ClH/c1-21-14(19)9-17-16(20)18-15-12-6-2-4-10(12)8-11-5-3-7-13(11)15;1-6-3(5)2-4;/h8H,2-7,9H2,1H3,(H2,17,18,20);2,4H2,1H3;1H. The van der Waals surface area contributed by atoms with Crippen molar-refractivity contribution in [1.29, 1.82) is 0 Å². The highest BCUT2D eigenvalue weighted by Gasteiger charge is 2.24. The summed E-state index contributed by atoms with van der Waals surface area (Å²) >= 11 is 0. The van der Waals surface area contributed by atoms with E-state index >= 15 is 0 Å². The van der Waals surface area contributed by atoms with Crippen molar-refractivity contribution in [2.45, 2.75) is 38.5 Å². The number of amides is 2. The van der Waals surface area contributed by atoms with Crippen molar-refractivity contribution < 1.29 is 23.9 Å². The van der Waals surface area contributed by atoms with Crippen molar-refractivity contribution in [2.24, 2.45) is 5.73 Å². The van der Waals surface area contributed by atoms with E-state index in [4.69, 9.17) is 5.73 Å². The molecule has 1 aromatic carbocycles. The van der Waals surface area contributed by atoms with Crippen LogP contribution in [0.15, 0.2) is 6.07 Å². The number of hydrogen-bond acceptors (Lipinski definition) is 6. The summed E-state index contributed by atoms with van der Waals surface area (Å²) in [4.78, 5) is 32.9. The van der Waals surface area contributed by atoms with E-state index in [1.54, 1.807) is 0 Å². The third kappa shape index (κ3) is 6.10. The van der Waals surface area contributed by atoms with E-state index in [9.17, 15) is 14.4 Å². The van der Waals surface area contributed by atoms with E-state index in [0.717, 1.165) is 44.2 Å². The fourth-order valence-electron chi connectivity index (χ4n) is 3.43. The lowest BCUT2D eigenvalue weighted by Crippen LogP contribution is -2.34. The van der Waals surface area contributed by atoms with Crippen LogP contribution in [-0.2, 0) is 44.7 Å². The molecule has 9 heteroatoms. The Morgan fingerprint density at radius 3 is 1.93 bits per heavy atom. The molecular weight excluding hydrogens is 386 g/mol. The molecule has 0 fully saturated rings. The van der Waals surface area contributed by atoms with Crippen LogP contribution in [0.5, 0.6) is 0 Å². The van der Waals surface area contributed by atoms with Crippen LogP contribution in [0.4, 0.5) is 10.5 Å². The van der Waals surface area contributed by atoms with Gasteiger partial charge in [-0.05, 0) is 60.8 Å². The Balaban J connectivity index is 0.000000492. The SMILES string of the molecule is COC(=O)CN.COC(=O)CNC(=O)Nc1c2c(cc3c1CCC3)CCC2.Cl. The van der Waals surface area contributed by atoms with Gasteiger partial charge in [0.1, 0.15) is 6.54 Å².